The van der Waals surface area contributed by atoms with Crippen molar-refractivity contribution in [2.45, 2.75) is 70.4 Å². The molecule has 1 amide bonds. The first kappa shape index (κ1) is 26.3. The van der Waals surface area contributed by atoms with Crippen molar-refractivity contribution in [2.24, 2.45) is 0 Å². The molecule has 10 heteroatoms. The largest absolute Gasteiger partial charge is 0.444 e. The van der Waals surface area contributed by atoms with Gasteiger partial charge in [0.05, 0.1) is 24.5 Å². The Kier molecular flexibility index (Phi) is 6.47. The lowest BCUT2D eigenvalue weighted by Crippen LogP contribution is -2.46. The molecule has 3 aliphatic rings. The van der Waals surface area contributed by atoms with Crippen LogP contribution in [-0.2, 0) is 32.5 Å². The first-order chi connectivity index (χ1) is 18.5. The van der Waals surface area contributed by atoms with Crippen molar-refractivity contribution in [1.29, 1.82) is 0 Å². The van der Waals surface area contributed by atoms with E-state index in [1.54, 1.807) is 9.21 Å². The summed E-state index contributed by atoms with van der Waals surface area (Å²) in [6, 6.07) is 5.99. The van der Waals surface area contributed by atoms with Gasteiger partial charge in [0.1, 0.15) is 11.2 Å². The first-order valence-corrected chi connectivity index (χ1v) is 15.2. The van der Waals surface area contributed by atoms with Gasteiger partial charge >= 0.3 is 6.09 Å². The van der Waals surface area contributed by atoms with Gasteiger partial charge in [-0.1, -0.05) is 6.07 Å². The summed E-state index contributed by atoms with van der Waals surface area (Å²) in [4.78, 5) is 22.9. The molecule has 3 aromatic rings. The van der Waals surface area contributed by atoms with Gasteiger partial charge in [0.15, 0.2) is 0 Å². The Morgan fingerprint density at radius 2 is 1.95 bits per heavy atom. The number of rotatable bonds is 4. The zero-order chi connectivity index (χ0) is 27.5. The van der Waals surface area contributed by atoms with Crippen molar-refractivity contribution in [2.75, 3.05) is 26.3 Å². The SMILES string of the molecule is Cc1c[nH]c2ncc(-c3cc4c(c(C5COCCN5C(=O)OC(C)(C)C)c3)CN(S(=O)(=O)C3CC3)CC4)cc12. The van der Waals surface area contributed by atoms with Gasteiger partial charge in [-0.25, -0.2) is 18.2 Å². The van der Waals surface area contributed by atoms with E-state index < -0.39 is 21.7 Å². The average Bonchev–Trinajstić information content (AvgIpc) is 3.71. The highest BCUT2D eigenvalue weighted by atomic mass is 32.2. The van der Waals surface area contributed by atoms with Crippen LogP contribution in [0.5, 0.6) is 0 Å². The number of sulfonamides is 1. The minimum absolute atomic E-state index is 0.263. The molecule has 2 aromatic heterocycles. The molecule has 1 aliphatic carbocycles. The second-order valence-electron chi connectivity index (χ2n) is 11.9. The van der Waals surface area contributed by atoms with Crippen molar-refractivity contribution >= 4 is 27.1 Å². The maximum absolute atomic E-state index is 13.3. The monoisotopic (exact) mass is 552 g/mol. The number of carbonyl (C=O) groups excluding carboxylic acids is 1. The van der Waals surface area contributed by atoms with Crippen LogP contribution in [0.2, 0.25) is 0 Å². The number of aromatic nitrogens is 2. The molecule has 6 rings (SSSR count). The molecule has 9 nitrogen and oxygen atoms in total. The Bertz CT molecular complexity index is 1540. The van der Waals surface area contributed by atoms with E-state index in [1.807, 2.05) is 33.2 Å². The van der Waals surface area contributed by atoms with Gasteiger partial charge in [-0.3, -0.25) is 4.90 Å². The van der Waals surface area contributed by atoms with Gasteiger partial charge in [-0.15, -0.1) is 0 Å². The second-order valence-corrected chi connectivity index (χ2v) is 14.1. The number of morpholine rings is 1. The molecule has 39 heavy (non-hydrogen) atoms. The van der Waals surface area contributed by atoms with Gasteiger partial charge in [0.2, 0.25) is 10.0 Å². The summed E-state index contributed by atoms with van der Waals surface area (Å²) in [5.41, 5.74) is 6.27. The third-order valence-corrected chi connectivity index (χ3v) is 10.2. The van der Waals surface area contributed by atoms with Crippen LogP contribution in [0.25, 0.3) is 22.2 Å². The lowest BCUT2D eigenvalue weighted by atomic mass is 9.87. The van der Waals surface area contributed by atoms with E-state index in [9.17, 15) is 13.2 Å². The molecular weight excluding hydrogens is 516 g/mol. The number of nitrogens with one attached hydrogen (secondary N) is 1. The number of ether oxygens (including phenoxy) is 2. The summed E-state index contributed by atoms with van der Waals surface area (Å²) in [6.45, 7) is 9.53. The van der Waals surface area contributed by atoms with Crippen molar-refractivity contribution in [3.05, 3.63) is 52.8 Å². The summed E-state index contributed by atoms with van der Waals surface area (Å²) in [6.07, 6.45) is 5.50. The summed E-state index contributed by atoms with van der Waals surface area (Å²) < 4.78 is 39.7. The van der Waals surface area contributed by atoms with E-state index in [0.29, 0.717) is 39.3 Å². The number of benzene rings is 1. The Labute approximate surface area is 229 Å². The number of amides is 1. The number of nitrogens with zero attached hydrogens (tertiary/aromatic N) is 3. The smallest absolute Gasteiger partial charge is 0.410 e. The Morgan fingerprint density at radius 3 is 2.69 bits per heavy atom. The van der Waals surface area contributed by atoms with Crippen molar-refractivity contribution in [1.82, 2.24) is 19.2 Å². The quantitative estimate of drug-likeness (QED) is 0.503. The number of aromatic amines is 1. The fourth-order valence-electron chi connectivity index (χ4n) is 5.62. The molecule has 1 saturated carbocycles. The molecule has 1 atom stereocenters. The van der Waals surface area contributed by atoms with Crippen molar-refractivity contribution in [3.8, 4) is 11.1 Å². The minimum atomic E-state index is -3.33. The maximum atomic E-state index is 13.3. The second kappa shape index (κ2) is 9.60. The predicted molar refractivity (Wildman–Crippen MR) is 149 cm³/mol. The molecule has 0 bridgehead atoms. The third kappa shape index (κ3) is 5.05. The fraction of sp³-hybridized carbons (Fsp3) is 0.517. The number of carbonyl (C=O) groups is 1. The zero-order valence-corrected chi connectivity index (χ0v) is 23.8. The fourth-order valence-corrected chi connectivity index (χ4v) is 7.43. The highest BCUT2D eigenvalue weighted by molar-refractivity contribution is 7.90. The van der Waals surface area contributed by atoms with E-state index in [0.717, 1.165) is 57.3 Å². The lowest BCUT2D eigenvalue weighted by Gasteiger charge is -2.39. The minimum Gasteiger partial charge on any atom is -0.444 e. The van der Waals surface area contributed by atoms with Crippen LogP contribution in [0, 0.1) is 6.92 Å². The molecule has 1 saturated heterocycles. The molecule has 208 valence electrons. The maximum Gasteiger partial charge on any atom is 0.410 e. The predicted octanol–water partition coefficient (Wildman–Crippen LogP) is 4.70. The normalized spacial score (nSPS) is 20.7. The Hall–Kier alpha value is -2.95. The van der Waals surface area contributed by atoms with Crippen molar-refractivity contribution < 1.29 is 22.7 Å². The van der Waals surface area contributed by atoms with E-state index in [4.69, 9.17) is 9.47 Å². The van der Waals surface area contributed by atoms with Crippen LogP contribution in [0.1, 0.15) is 61.9 Å². The number of pyridine rings is 1. The van der Waals surface area contributed by atoms with Gasteiger partial charge in [-0.2, -0.15) is 4.31 Å². The molecular formula is C29H36N4O5S. The number of hydrogen-bond donors (Lipinski definition) is 1. The summed E-state index contributed by atoms with van der Waals surface area (Å²) in [5, 5.41) is 0.797. The summed E-state index contributed by atoms with van der Waals surface area (Å²) in [7, 11) is -3.33. The van der Waals surface area contributed by atoms with Gasteiger partial charge in [0, 0.05) is 43.0 Å². The number of aryl methyl sites for hydroxylation is 1. The first-order valence-electron chi connectivity index (χ1n) is 13.7. The van der Waals surface area contributed by atoms with Gasteiger partial charge in [-0.05, 0) is 86.9 Å². The van der Waals surface area contributed by atoms with E-state index in [-0.39, 0.29) is 11.3 Å². The standard InChI is InChI=1S/C29H36N4O5S/c1-18-14-30-27-23(18)13-21(15-31-27)20-11-19-7-8-32(39(35,36)22-5-6-22)16-25(19)24(12-20)26-17-37-10-9-33(26)28(34)38-29(2,3)4/h11-15,22,26H,5-10,16-17H2,1-4H3,(H,30,31). The van der Waals surface area contributed by atoms with E-state index in [1.165, 1.54) is 0 Å². The van der Waals surface area contributed by atoms with Crippen LogP contribution in [0.3, 0.4) is 0 Å². The van der Waals surface area contributed by atoms with Crippen LogP contribution in [-0.4, -0.2) is 70.8 Å². The Morgan fingerprint density at radius 1 is 1.15 bits per heavy atom. The van der Waals surface area contributed by atoms with Crippen LogP contribution >= 0.6 is 0 Å². The topological polar surface area (TPSA) is 105 Å². The van der Waals surface area contributed by atoms with Crippen LogP contribution < -0.4 is 0 Å². The van der Waals surface area contributed by atoms with E-state index in [2.05, 4.69) is 35.1 Å². The lowest BCUT2D eigenvalue weighted by molar-refractivity contribution is -0.0333. The molecule has 0 spiro atoms. The molecule has 1 unspecified atom stereocenters. The number of hydrogen-bond acceptors (Lipinski definition) is 6. The zero-order valence-electron chi connectivity index (χ0n) is 23.0. The highest BCUT2D eigenvalue weighted by Gasteiger charge is 2.42. The Balaban J connectivity index is 1.46. The molecule has 1 aromatic carbocycles. The average molecular weight is 553 g/mol. The highest BCUT2D eigenvalue weighted by Crippen LogP contribution is 2.39. The van der Waals surface area contributed by atoms with Gasteiger partial charge < -0.3 is 14.5 Å². The summed E-state index contributed by atoms with van der Waals surface area (Å²) in [5.74, 6) is 0. The van der Waals surface area contributed by atoms with Crippen LogP contribution in [0.4, 0.5) is 4.79 Å². The molecule has 2 fully saturated rings. The third-order valence-electron chi connectivity index (χ3n) is 7.83. The van der Waals surface area contributed by atoms with Crippen molar-refractivity contribution in [3.63, 3.8) is 0 Å². The van der Waals surface area contributed by atoms with E-state index >= 15 is 0 Å². The number of fused-ring (bicyclic) bond motifs is 2. The molecule has 0 radical (unpaired) electrons. The molecule has 4 heterocycles. The molecule has 1 N–H and O–H groups in total. The summed E-state index contributed by atoms with van der Waals surface area (Å²) >= 11 is 0. The van der Waals surface area contributed by atoms with Gasteiger partial charge in [0.25, 0.3) is 0 Å². The van der Waals surface area contributed by atoms with Crippen LogP contribution in [0.15, 0.2) is 30.6 Å². The number of H-pyrrole nitrogens is 1. The molecule has 2 aliphatic heterocycles.